The molecule has 14 N–H and O–H groups in total. The van der Waals surface area contributed by atoms with Crippen molar-refractivity contribution in [2.45, 2.75) is 130 Å². The lowest BCUT2D eigenvalue weighted by Crippen LogP contribution is -2.69. The van der Waals surface area contributed by atoms with Crippen LogP contribution in [0.3, 0.4) is 0 Å². The Balaban J connectivity index is 1.59. The van der Waals surface area contributed by atoms with Gasteiger partial charge in [-0.15, -0.1) is 0 Å². The summed E-state index contributed by atoms with van der Waals surface area (Å²) in [5, 5.41) is 136. The molecule has 0 saturated carbocycles. The van der Waals surface area contributed by atoms with E-state index in [2.05, 4.69) is 5.32 Å². The Morgan fingerprint density at radius 1 is 0.500 bits per heavy atom. The number of hydrogen-bond acceptors (Lipinski definition) is 21. The van der Waals surface area contributed by atoms with Crippen LogP contribution >= 0.6 is 0 Å². The quantitative estimate of drug-likeness (QED) is 0.0947. The summed E-state index contributed by atoms with van der Waals surface area (Å²) in [7, 11) is 0. The molecule has 4 rings (SSSR count). The highest BCUT2D eigenvalue weighted by molar-refractivity contribution is 5.73. The second kappa shape index (κ2) is 16.8. The van der Waals surface area contributed by atoms with E-state index in [9.17, 15) is 71.2 Å². The molecule has 4 fully saturated rings. The van der Waals surface area contributed by atoms with Gasteiger partial charge in [-0.25, -0.2) is 0 Å². The third-order valence-corrected chi connectivity index (χ3v) is 8.61. The molecule has 280 valence electrons. The number of ether oxygens (including phenoxy) is 7. The number of nitrogens with one attached hydrogen (secondary N) is 1. The van der Waals surface area contributed by atoms with Crippen LogP contribution in [-0.2, 0) is 38.0 Å². The average molecular weight is 708 g/mol. The number of hydrogen-bond donors (Lipinski definition) is 14. The molecule has 0 aromatic heterocycles. The van der Waals surface area contributed by atoms with Gasteiger partial charge in [0.25, 0.3) is 0 Å². The Morgan fingerprint density at radius 2 is 0.958 bits per heavy atom. The molecule has 4 saturated heterocycles. The topological polar surface area (TPSA) is 357 Å². The number of aliphatic hydroxyl groups excluding tert-OH is 13. The predicted octanol–water partition coefficient (Wildman–Crippen LogP) is -9.61. The molecule has 4 aliphatic rings. The van der Waals surface area contributed by atoms with Gasteiger partial charge in [-0.3, -0.25) is 4.79 Å². The van der Waals surface area contributed by atoms with Crippen molar-refractivity contribution in [1.82, 2.24) is 5.32 Å². The number of rotatable bonds is 11. The molecular weight excluding hydrogens is 662 g/mol. The molecule has 22 nitrogen and oxygen atoms in total. The van der Waals surface area contributed by atoms with Gasteiger partial charge in [0.15, 0.2) is 25.2 Å². The van der Waals surface area contributed by atoms with Gasteiger partial charge in [-0.05, 0) is 0 Å². The molecule has 1 unspecified atom stereocenters. The number of carbonyl (C=O) groups is 1. The molecule has 20 atom stereocenters. The van der Waals surface area contributed by atoms with E-state index in [0.717, 1.165) is 6.92 Å². The maximum Gasteiger partial charge on any atom is 0.217 e. The summed E-state index contributed by atoms with van der Waals surface area (Å²) in [6.07, 6.45) is -34.0. The number of aliphatic hydroxyl groups is 13. The lowest BCUT2D eigenvalue weighted by molar-refractivity contribution is -0.383. The van der Waals surface area contributed by atoms with Crippen LogP contribution in [0.25, 0.3) is 0 Å². The first-order chi connectivity index (χ1) is 22.7. The minimum absolute atomic E-state index is 0.690. The van der Waals surface area contributed by atoms with Crippen LogP contribution in [0.1, 0.15) is 6.92 Å². The van der Waals surface area contributed by atoms with E-state index in [0.29, 0.717) is 0 Å². The first kappa shape index (κ1) is 39.5. The van der Waals surface area contributed by atoms with Crippen molar-refractivity contribution in [3.8, 4) is 0 Å². The first-order valence-electron chi connectivity index (χ1n) is 15.1. The van der Waals surface area contributed by atoms with Crippen molar-refractivity contribution >= 4 is 5.91 Å². The summed E-state index contributed by atoms with van der Waals surface area (Å²) in [5.74, 6) is -0.690. The molecule has 22 heteroatoms. The third-order valence-electron chi connectivity index (χ3n) is 8.61. The lowest BCUT2D eigenvalue weighted by Gasteiger charge is -2.50. The van der Waals surface area contributed by atoms with Gasteiger partial charge >= 0.3 is 0 Å². The fourth-order valence-corrected chi connectivity index (χ4v) is 5.97. The number of amides is 1. The van der Waals surface area contributed by atoms with Crippen LogP contribution in [0.15, 0.2) is 0 Å². The van der Waals surface area contributed by atoms with Crippen molar-refractivity contribution < 1.29 is 104 Å². The largest absolute Gasteiger partial charge is 0.394 e. The van der Waals surface area contributed by atoms with Crippen LogP contribution in [0, 0.1) is 0 Å². The monoisotopic (exact) mass is 707 g/mol. The normalized spacial score (nSPS) is 50.2. The molecular formula is C26H45NO21. The van der Waals surface area contributed by atoms with E-state index in [1.165, 1.54) is 0 Å². The van der Waals surface area contributed by atoms with Gasteiger partial charge in [0.1, 0.15) is 91.6 Å². The minimum atomic E-state index is -2.04. The summed E-state index contributed by atoms with van der Waals surface area (Å²) in [6, 6.07) is -1.40. The van der Waals surface area contributed by atoms with Crippen molar-refractivity contribution in [3.63, 3.8) is 0 Å². The maximum absolute atomic E-state index is 12.0. The maximum atomic E-state index is 12.0. The predicted molar refractivity (Wildman–Crippen MR) is 145 cm³/mol. The van der Waals surface area contributed by atoms with E-state index in [1.807, 2.05) is 0 Å². The lowest BCUT2D eigenvalue weighted by atomic mass is 9.94. The fraction of sp³-hybridized carbons (Fsp3) is 0.962. The SMILES string of the molecule is CC(=O)N[C@@H]1[C@@H](O[C@@H]2O[C@H](CO)[C@H](O)[C@H](O)[C@H]2O)[C@@H](O)[C@H](O[C@H]2[C@@H](O)[C@@H](CO)O[C@@H](O[C@@H]3[C@@H](O)[C@@H](O)C(O)O[C@@H]3CO)[C@@H]2O)O[C@@H]1CO. The molecule has 1 amide bonds. The Kier molecular flexibility index (Phi) is 13.8. The Morgan fingerprint density at radius 3 is 1.50 bits per heavy atom. The molecule has 0 radical (unpaired) electrons. The average Bonchev–Trinajstić information content (AvgIpc) is 3.06. The van der Waals surface area contributed by atoms with E-state index in [4.69, 9.17) is 33.2 Å². The summed E-state index contributed by atoms with van der Waals surface area (Å²) in [5.41, 5.74) is 0. The zero-order valence-corrected chi connectivity index (χ0v) is 25.5. The third kappa shape index (κ3) is 8.08. The standard InChI is InChI=1S/C26H45NO21/c1-6(32)27-11-7(2-28)43-25(18(39)21(11)47-24-17(38)14(35)12(33)8(3-29)44-24)48-22-13(34)9(4-30)45-26(19(22)40)46-20-10(5-31)42-23(41)16(37)15(20)36/h7-26,28-31,33-41H,2-5H2,1H3,(H,27,32)/t7-,8-,9-,10-,11+,12+,13+,14+,15+,16-,17-,18-,19-,20+,21-,22+,23?,24+,25+,26+/m1/s1. The van der Waals surface area contributed by atoms with Gasteiger partial charge in [-0.2, -0.15) is 0 Å². The highest BCUT2D eigenvalue weighted by Crippen LogP contribution is 2.34. The van der Waals surface area contributed by atoms with Gasteiger partial charge in [-0.1, -0.05) is 0 Å². The summed E-state index contributed by atoms with van der Waals surface area (Å²) < 4.78 is 38.5. The summed E-state index contributed by atoms with van der Waals surface area (Å²) >= 11 is 0. The molecule has 4 heterocycles. The zero-order valence-electron chi connectivity index (χ0n) is 25.5. The zero-order chi connectivity index (χ0) is 35.6. The van der Waals surface area contributed by atoms with Crippen LogP contribution in [0.2, 0.25) is 0 Å². The van der Waals surface area contributed by atoms with Gasteiger partial charge in [0.2, 0.25) is 5.91 Å². The molecule has 48 heavy (non-hydrogen) atoms. The highest BCUT2D eigenvalue weighted by atomic mass is 16.8. The second-order valence-electron chi connectivity index (χ2n) is 11.9. The van der Waals surface area contributed by atoms with Crippen molar-refractivity contribution in [2.75, 3.05) is 26.4 Å². The summed E-state index contributed by atoms with van der Waals surface area (Å²) in [4.78, 5) is 12.0. The van der Waals surface area contributed by atoms with E-state index < -0.39 is 155 Å². The fourth-order valence-electron chi connectivity index (χ4n) is 5.97. The highest BCUT2D eigenvalue weighted by Gasteiger charge is 2.55. The van der Waals surface area contributed by atoms with Gasteiger partial charge in [0.05, 0.1) is 32.5 Å². The van der Waals surface area contributed by atoms with Crippen molar-refractivity contribution in [2.24, 2.45) is 0 Å². The Bertz CT molecular complexity index is 1030. The van der Waals surface area contributed by atoms with Gasteiger partial charge < -0.3 is 105 Å². The van der Waals surface area contributed by atoms with Crippen LogP contribution in [0.4, 0.5) is 0 Å². The second-order valence-corrected chi connectivity index (χ2v) is 11.9. The molecule has 0 bridgehead atoms. The van der Waals surface area contributed by atoms with E-state index in [-0.39, 0.29) is 0 Å². The van der Waals surface area contributed by atoms with Gasteiger partial charge in [0, 0.05) is 6.92 Å². The molecule has 0 spiro atoms. The van der Waals surface area contributed by atoms with Crippen LogP contribution in [-0.4, -0.2) is 221 Å². The Labute approximate surface area is 272 Å². The van der Waals surface area contributed by atoms with Crippen LogP contribution < -0.4 is 5.32 Å². The van der Waals surface area contributed by atoms with Crippen molar-refractivity contribution in [1.29, 1.82) is 0 Å². The van der Waals surface area contributed by atoms with E-state index in [1.54, 1.807) is 0 Å². The smallest absolute Gasteiger partial charge is 0.217 e. The Hall–Kier alpha value is -1.33. The minimum Gasteiger partial charge on any atom is -0.394 e. The van der Waals surface area contributed by atoms with Crippen LogP contribution in [0.5, 0.6) is 0 Å². The molecule has 4 aliphatic heterocycles. The summed E-state index contributed by atoms with van der Waals surface area (Å²) in [6.45, 7) is -2.32. The molecule has 0 aliphatic carbocycles. The molecule has 0 aromatic carbocycles. The number of carbonyl (C=O) groups excluding carboxylic acids is 1. The van der Waals surface area contributed by atoms with Crippen molar-refractivity contribution in [3.05, 3.63) is 0 Å². The molecule has 0 aromatic rings. The first-order valence-corrected chi connectivity index (χ1v) is 15.1. The van der Waals surface area contributed by atoms with E-state index >= 15 is 0 Å².